The van der Waals surface area contributed by atoms with Gasteiger partial charge in [-0.3, -0.25) is 4.79 Å². The maximum atomic E-state index is 12.0. The molecule has 0 saturated heterocycles. The summed E-state index contributed by atoms with van der Waals surface area (Å²) in [6.45, 7) is 0.406. The summed E-state index contributed by atoms with van der Waals surface area (Å²) in [5.41, 5.74) is 1.82. The van der Waals surface area contributed by atoms with Gasteiger partial charge in [-0.05, 0) is 29.1 Å². The predicted octanol–water partition coefficient (Wildman–Crippen LogP) is 3.06. The van der Waals surface area contributed by atoms with Crippen molar-refractivity contribution in [2.45, 2.75) is 19.4 Å². The number of ether oxygens (including phenoxy) is 2. The average molecular weight is 373 g/mol. The number of aryl methyl sites for hydroxylation is 1. The van der Waals surface area contributed by atoms with Crippen LogP contribution in [-0.2, 0) is 17.8 Å². The van der Waals surface area contributed by atoms with E-state index < -0.39 is 0 Å². The van der Waals surface area contributed by atoms with Gasteiger partial charge in [0.1, 0.15) is 0 Å². The maximum Gasteiger partial charge on any atom is 0.248 e. The van der Waals surface area contributed by atoms with Crippen molar-refractivity contribution in [3.05, 3.63) is 46.5 Å². The standard InChI is InChI=1S/C18H19N3O4S/c1-23-14-4-3-12(9-15(14)24-2)10-19-16(22)5-6-17-20-21-18(25-17)13-7-8-26-11-13/h3-4,7-9,11H,5-6,10H2,1-2H3,(H,19,22). The molecule has 0 spiro atoms. The summed E-state index contributed by atoms with van der Waals surface area (Å²) in [7, 11) is 3.16. The maximum absolute atomic E-state index is 12.0. The highest BCUT2D eigenvalue weighted by Crippen LogP contribution is 2.27. The van der Waals surface area contributed by atoms with Crippen LogP contribution in [0.25, 0.3) is 11.5 Å². The minimum atomic E-state index is -0.0879. The van der Waals surface area contributed by atoms with Crippen molar-refractivity contribution < 1.29 is 18.7 Å². The molecule has 8 heteroatoms. The van der Waals surface area contributed by atoms with Gasteiger partial charge in [-0.15, -0.1) is 10.2 Å². The van der Waals surface area contributed by atoms with Gasteiger partial charge in [-0.1, -0.05) is 6.07 Å². The predicted molar refractivity (Wildman–Crippen MR) is 97.3 cm³/mol. The molecule has 0 radical (unpaired) electrons. The number of carbonyl (C=O) groups excluding carboxylic acids is 1. The zero-order valence-electron chi connectivity index (χ0n) is 14.5. The number of benzene rings is 1. The van der Waals surface area contributed by atoms with E-state index in [9.17, 15) is 4.79 Å². The Morgan fingerprint density at radius 2 is 2.04 bits per heavy atom. The summed E-state index contributed by atoms with van der Waals surface area (Å²) >= 11 is 1.56. The van der Waals surface area contributed by atoms with Crippen molar-refractivity contribution in [2.75, 3.05) is 14.2 Å². The van der Waals surface area contributed by atoms with Gasteiger partial charge in [0.25, 0.3) is 0 Å². The quantitative estimate of drug-likeness (QED) is 0.653. The SMILES string of the molecule is COc1ccc(CNC(=O)CCc2nnc(-c3ccsc3)o2)cc1OC. The molecule has 0 aliphatic rings. The fourth-order valence-corrected chi connectivity index (χ4v) is 2.99. The third kappa shape index (κ3) is 4.40. The Kier molecular flexibility index (Phi) is 5.85. The van der Waals surface area contributed by atoms with Crippen molar-refractivity contribution in [2.24, 2.45) is 0 Å². The molecule has 7 nitrogen and oxygen atoms in total. The number of nitrogens with zero attached hydrogens (tertiary/aromatic N) is 2. The first-order chi connectivity index (χ1) is 12.7. The van der Waals surface area contributed by atoms with Gasteiger partial charge in [-0.2, -0.15) is 11.3 Å². The number of carbonyl (C=O) groups is 1. The Bertz CT molecular complexity index is 861. The largest absolute Gasteiger partial charge is 0.493 e. The van der Waals surface area contributed by atoms with Gasteiger partial charge >= 0.3 is 0 Å². The summed E-state index contributed by atoms with van der Waals surface area (Å²) in [5, 5.41) is 14.7. The van der Waals surface area contributed by atoms with Crippen LogP contribution in [0.2, 0.25) is 0 Å². The van der Waals surface area contributed by atoms with Crippen LogP contribution in [0.5, 0.6) is 11.5 Å². The molecule has 26 heavy (non-hydrogen) atoms. The molecule has 0 bridgehead atoms. The van der Waals surface area contributed by atoms with Crippen LogP contribution in [0.4, 0.5) is 0 Å². The van der Waals surface area contributed by atoms with Crippen LogP contribution in [0.1, 0.15) is 17.9 Å². The van der Waals surface area contributed by atoms with Crippen molar-refractivity contribution in [3.8, 4) is 23.0 Å². The molecule has 2 aromatic heterocycles. The van der Waals surface area contributed by atoms with Crippen LogP contribution >= 0.6 is 11.3 Å². The summed E-state index contributed by atoms with van der Waals surface area (Å²) in [6, 6.07) is 7.44. The first-order valence-corrected chi connectivity index (χ1v) is 8.96. The molecular formula is C18H19N3O4S. The van der Waals surface area contributed by atoms with Crippen LogP contribution in [0.15, 0.2) is 39.4 Å². The third-order valence-electron chi connectivity index (χ3n) is 3.74. The van der Waals surface area contributed by atoms with Crippen molar-refractivity contribution in [1.29, 1.82) is 0 Å². The molecule has 2 heterocycles. The number of hydrogen-bond acceptors (Lipinski definition) is 7. The minimum Gasteiger partial charge on any atom is -0.493 e. The molecule has 0 aliphatic carbocycles. The van der Waals surface area contributed by atoms with Gasteiger partial charge in [0.2, 0.25) is 17.7 Å². The Morgan fingerprint density at radius 3 is 2.77 bits per heavy atom. The van der Waals surface area contributed by atoms with E-state index in [0.29, 0.717) is 36.2 Å². The van der Waals surface area contributed by atoms with Gasteiger partial charge < -0.3 is 19.2 Å². The normalized spacial score (nSPS) is 10.5. The molecule has 1 amide bonds. The molecule has 1 aromatic carbocycles. The first kappa shape index (κ1) is 17.9. The van der Waals surface area contributed by atoms with Crippen molar-refractivity contribution in [3.63, 3.8) is 0 Å². The number of hydrogen-bond donors (Lipinski definition) is 1. The van der Waals surface area contributed by atoms with Gasteiger partial charge in [0.15, 0.2) is 11.5 Å². The lowest BCUT2D eigenvalue weighted by atomic mass is 10.2. The lowest BCUT2D eigenvalue weighted by Gasteiger charge is -2.10. The highest BCUT2D eigenvalue weighted by atomic mass is 32.1. The zero-order valence-corrected chi connectivity index (χ0v) is 15.3. The summed E-state index contributed by atoms with van der Waals surface area (Å²) in [5.74, 6) is 2.13. The third-order valence-corrected chi connectivity index (χ3v) is 4.42. The smallest absolute Gasteiger partial charge is 0.248 e. The molecular weight excluding hydrogens is 354 g/mol. The fourth-order valence-electron chi connectivity index (χ4n) is 2.36. The van der Waals surface area contributed by atoms with Crippen molar-refractivity contribution >= 4 is 17.2 Å². The first-order valence-electron chi connectivity index (χ1n) is 8.02. The molecule has 3 aromatic rings. The summed E-state index contributed by atoms with van der Waals surface area (Å²) < 4.78 is 16.0. The molecule has 0 unspecified atom stereocenters. The monoisotopic (exact) mass is 373 g/mol. The lowest BCUT2D eigenvalue weighted by Crippen LogP contribution is -2.23. The Morgan fingerprint density at radius 1 is 1.19 bits per heavy atom. The number of thiophene rings is 1. The molecule has 0 atom stereocenters. The summed E-state index contributed by atoms with van der Waals surface area (Å²) in [6.07, 6.45) is 0.674. The Labute approximate surface area is 155 Å². The number of methoxy groups -OCH3 is 2. The highest BCUT2D eigenvalue weighted by Gasteiger charge is 2.11. The second-order valence-electron chi connectivity index (χ2n) is 5.48. The average Bonchev–Trinajstić information content (AvgIpc) is 3.35. The van der Waals surface area contributed by atoms with Gasteiger partial charge in [0.05, 0.1) is 14.2 Å². The van der Waals surface area contributed by atoms with E-state index in [4.69, 9.17) is 13.9 Å². The van der Waals surface area contributed by atoms with Crippen LogP contribution < -0.4 is 14.8 Å². The van der Waals surface area contributed by atoms with Crippen LogP contribution in [0, 0.1) is 0 Å². The second-order valence-corrected chi connectivity index (χ2v) is 6.26. The molecule has 3 rings (SSSR count). The van der Waals surface area contributed by atoms with E-state index in [1.165, 1.54) is 0 Å². The van der Waals surface area contributed by atoms with Crippen LogP contribution in [0.3, 0.4) is 0 Å². The lowest BCUT2D eigenvalue weighted by molar-refractivity contribution is -0.121. The van der Waals surface area contributed by atoms with E-state index in [-0.39, 0.29) is 12.3 Å². The van der Waals surface area contributed by atoms with E-state index in [0.717, 1.165) is 11.1 Å². The fraction of sp³-hybridized carbons (Fsp3) is 0.278. The van der Waals surface area contributed by atoms with E-state index in [2.05, 4.69) is 15.5 Å². The minimum absolute atomic E-state index is 0.0879. The zero-order chi connectivity index (χ0) is 18.4. The number of nitrogens with one attached hydrogen (secondary N) is 1. The van der Waals surface area contributed by atoms with E-state index in [1.54, 1.807) is 25.6 Å². The molecule has 136 valence electrons. The number of rotatable bonds is 8. The molecule has 0 aliphatic heterocycles. The molecule has 1 N–H and O–H groups in total. The van der Waals surface area contributed by atoms with Gasteiger partial charge in [0, 0.05) is 30.3 Å². The van der Waals surface area contributed by atoms with Gasteiger partial charge in [-0.25, -0.2) is 0 Å². The van der Waals surface area contributed by atoms with Crippen LogP contribution in [-0.4, -0.2) is 30.3 Å². The second kappa shape index (κ2) is 8.48. The summed E-state index contributed by atoms with van der Waals surface area (Å²) in [4.78, 5) is 12.0. The van der Waals surface area contributed by atoms with Crippen molar-refractivity contribution in [1.82, 2.24) is 15.5 Å². The van der Waals surface area contributed by atoms with E-state index >= 15 is 0 Å². The van der Waals surface area contributed by atoms with E-state index in [1.807, 2.05) is 35.0 Å². The topological polar surface area (TPSA) is 86.5 Å². The Balaban J connectivity index is 1.49. The number of amides is 1. The number of aromatic nitrogens is 2. The highest BCUT2D eigenvalue weighted by molar-refractivity contribution is 7.08. The Hall–Kier alpha value is -2.87. The molecule has 0 saturated carbocycles. The molecule has 0 fully saturated rings.